The number of halogens is 2. The predicted molar refractivity (Wildman–Crippen MR) is 85.2 cm³/mol. The number of thiazole rings is 1. The second-order valence-corrected chi connectivity index (χ2v) is 5.63. The predicted octanol–water partition coefficient (Wildman–Crippen LogP) is 4.29. The van der Waals surface area contributed by atoms with Crippen LogP contribution in [-0.2, 0) is 0 Å². The second-order valence-electron chi connectivity index (χ2n) is 3.93. The lowest BCUT2D eigenvalue weighted by atomic mass is 10.3. The number of amides is 2. The van der Waals surface area contributed by atoms with E-state index in [0.717, 1.165) is 0 Å². The molecule has 1 aromatic heterocycles. The number of anilines is 2. The van der Waals surface area contributed by atoms with E-state index in [0.29, 0.717) is 32.3 Å². The van der Waals surface area contributed by atoms with Crippen molar-refractivity contribution in [3.63, 3.8) is 0 Å². The van der Waals surface area contributed by atoms with Crippen LogP contribution in [-0.4, -0.2) is 21.9 Å². The normalized spacial score (nSPS) is 11.3. The Hall–Kier alpha value is -1.83. The molecule has 2 rings (SSSR count). The Labute approximate surface area is 134 Å². The molecule has 0 spiro atoms. The van der Waals surface area contributed by atoms with Crippen LogP contribution in [0.3, 0.4) is 0 Å². The van der Waals surface area contributed by atoms with Crippen LogP contribution in [0.2, 0.25) is 10.0 Å². The highest BCUT2D eigenvalue weighted by Gasteiger charge is 2.10. The van der Waals surface area contributed by atoms with Gasteiger partial charge < -0.3 is 10.5 Å². The molecule has 1 aromatic carbocycles. The van der Waals surface area contributed by atoms with Crippen LogP contribution >= 0.6 is 34.5 Å². The molecule has 0 aliphatic carbocycles. The number of urea groups is 1. The van der Waals surface area contributed by atoms with Crippen molar-refractivity contribution >= 4 is 57.1 Å². The van der Waals surface area contributed by atoms with Gasteiger partial charge in [0.15, 0.2) is 5.13 Å². The van der Waals surface area contributed by atoms with E-state index >= 15 is 0 Å². The molecule has 9 heteroatoms. The Kier molecular flexibility index (Phi) is 5.00. The summed E-state index contributed by atoms with van der Waals surface area (Å²) in [6.45, 7) is 1.60. The van der Waals surface area contributed by atoms with E-state index in [-0.39, 0.29) is 0 Å². The molecule has 0 saturated heterocycles. The molecule has 0 aliphatic heterocycles. The van der Waals surface area contributed by atoms with Gasteiger partial charge in [-0.15, -0.1) is 11.3 Å². The van der Waals surface area contributed by atoms with Crippen molar-refractivity contribution in [2.45, 2.75) is 6.92 Å². The molecule has 2 aromatic rings. The van der Waals surface area contributed by atoms with E-state index in [9.17, 15) is 4.79 Å². The first-order valence-electron chi connectivity index (χ1n) is 5.67. The number of nitrogens with one attached hydrogen (secondary N) is 2. The molecule has 21 heavy (non-hydrogen) atoms. The lowest BCUT2D eigenvalue weighted by Gasteiger charge is -2.07. The number of benzene rings is 1. The summed E-state index contributed by atoms with van der Waals surface area (Å²) in [4.78, 5) is 16.0. The van der Waals surface area contributed by atoms with Gasteiger partial charge in [-0.2, -0.15) is 0 Å². The molecule has 0 atom stereocenters. The zero-order valence-corrected chi connectivity index (χ0v) is 13.1. The van der Waals surface area contributed by atoms with Crippen LogP contribution in [0.25, 0.3) is 0 Å². The van der Waals surface area contributed by atoms with Crippen molar-refractivity contribution < 1.29 is 10.0 Å². The first-order chi connectivity index (χ1) is 9.99. The summed E-state index contributed by atoms with van der Waals surface area (Å²) < 4.78 is 0. The second kappa shape index (κ2) is 6.75. The average Bonchev–Trinajstić information content (AvgIpc) is 2.90. The number of rotatable bonds is 3. The Morgan fingerprint density at radius 3 is 2.86 bits per heavy atom. The van der Waals surface area contributed by atoms with Crippen molar-refractivity contribution in [2.24, 2.45) is 5.16 Å². The number of carbonyl (C=O) groups excluding carboxylic acids is 1. The fourth-order valence-corrected chi connectivity index (χ4v) is 2.48. The average molecular weight is 345 g/mol. The monoisotopic (exact) mass is 344 g/mol. The van der Waals surface area contributed by atoms with Crippen molar-refractivity contribution in [1.29, 1.82) is 0 Å². The third-order valence-corrected chi connectivity index (χ3v) is 3.74. The van der Waals surface area contributed by atoms with Gasteiger partial charge in [0.1, 0.15) is 11.4 Å². The summed E-state index contributed by atoms with van der Waals surface area (Å²) in [5.41, 5.74) is 1.24. The highest BCUT2D eigenvalue weighted by atomic mass is 35.5. The molecular weight excluding hydrogens is 335 g/mol. The molecule has 0 saturated carbocycles. The third-order valence-electron chi connectivity index (χ3n) is 2.42. The standard InChI is InChI=1S/C12H10Cl2N4O2S/c1-6(18-20)10-5-21-12(16-10)17-11(19)15-9-4-7(13)2-3-8(9)14/h2-5,20H,1H3,(H2,15,16,17,19). The summed E-state index contributed by atoms with van der Waals surface area (Å²) in [6, 6.07) is 4.25. The minimum absolute atomic E-state index is 0.359. The molecule has 0 unspecified atom stereocenters. The molecule has 3 N–H and O–H groups in total. The molecule has 110 valence electrons. The van der Waals surface area contributed by atoms with Gasteiger partial charge in [0, 0.05) is 10.4 Å². The number of carbonyl (C=O) groups is 1. The van der Waals surface area contributed by atoms with E-state index in [2.05, 4.69) is 20.8 Å². The largest absolute Gasteiger partial charge is 0.411 e. The Bertz CT molecular complexity index is 702. The third kappa shape index (κ3) is 4.07. The zero-order chi connectivity index (χ0) is 15.4. The van der Waals surface area contributed by atoms with Gasteiger partial charge in [-0.1, -0.05) is 28.4 Å². The molecule has 0 radical (unpaired) electrons. The van der Waals surface area contributed by atoms with E-state index in [1.807, 2.05) is 0 Å². The minimum Gasteiger partial charge on any atom is -0.411 e. The first kappa shape index (κ1) is 15.6. The maximum Gasteiger partial charge on any atom is 0.325 e. The smallest absolute Gasteiger partial charge is 0.325 e. The SMILES string of the molecule is CC(=NO)c1csc(NC(=O)Nc2cc(Cl)ccc2Cl)n1. The fourth-order valence-electron chi connectivity index (χ4n) is 1.39. The first-order valence-corrected chi connectivity index (χ1v) is 7.31. The summed E-state index contributed by atoms with van der Waals surface area (Å²) in [5, 5.41) is 19.7. The summed E-state index contributed by atoms with van der Waals surface area (Å²) in [6.07, 6.45) is 0. The molecular formula is C12H10Cl2N4O2S. The number of nitrogens with zero attached hydrogens (tertiary/aromatic N) is 2. The molecule has 1 heterocycles. The Morgan fingerprint density at radius 1 is 1.38 bits per heavy atom. The van der Waals surface area contributed by atoms with E-state index < -0.39 is 6.03 Å². The van der Waals surface area contributed by atoms with Crippen molar-refractivity contribution in [2.75, 3.05) is 10.6 Å². The summed E-state index contributed by atoms with van der Waals surface area (Å²) in [5.74, 6) is 0. The summed E-state index contributed by atoms with van der Waals surface area (Å²) in [7, 11) is 0. The Morgan fingerprint density at radius 2 is 2.14 bits per heavy atom. The lowest BCUT2D eigenvalue weighted by molar-refractivity contribution is 0.262. The van der Waals surface area contributed by atoms with Gasteiger partial charge in [0.05, 0.1) is 10.7 Å². The fraction of sp³-hybridized carbons (Fsp3) is 0.0833. The highest BCUT2D eigenvalue weighted by molar-refractivity contribution is 7.14. The van der Waals surface area contributed by atoms with Crippen LogP contribution < -0.4 is 10.6 Å². The van der Waals surface area contributed by atoms with Gasteiger partial charge in [0.25, 0.3) is 0 Å². The minimum atomic E-state index is -0.501. The van der Waals surface area contributed by atoms with E-state index in [4.69, 9.17) is 28.4 Å². The van der Waals surface area contributed by atoms with Crippen molar-refractivity contribution in [3.05, 3.63) is 39.3 Å². The molecule has 0 fully saturated rings. The van der Waals surface area contributed by atoms with Gasteiger partial charge in [0.2, 0.25) is 0 Å². The number of hydrogen-bond donors (Lipinski definition) is 3. The summed E-state index contributed by atoms with van der Waals surface area (Å²) >= 11 is 13.0. The highest BCUT2D eigenvalue weighted by Crippen LogP contribution is 2.25. The quantitative estimate of drug-likeness (QED) is 0.441. The van der Waals surface area contributed by atoms with E-state index in [1.165, 1.54) is 11.3 Å². The topological polar surface area (TPSA) is 86.6 Å². The van der Waals surface area contributed by atoms with Gasteiger partial charge in [-0.05, 0) is 25.1 Å². The van der Waals surface area contributed by atoms with Crippen LogP contribution in [0.5, 0.6) is 0 Å². The molecule has 0 bridgehead atoms. The molecule has 2 amide bonds. The van der Waals surface area contributed by atoms with Gasteiger partial charge in [-0.3, -0.25) is 5.32 Å². The van der Waals surface area contributed by atoms with Gasteiger partial charge in [-0.25, -0.2) is 9.78 Å². The number of aromatic nitrogens is 1. The van der Waals surface area contributed by atoms with Crippen LogP contribution in [0, 0.1) is 0 Å². The zero-order valence-electron chi connectivity index (χ0n) is 10.7. The molecule has 6 nitrogen and oxygen atoms in total. The van der Waals surface area contributed by atoms with Crippen LogP contribution in [0.4, 0.5) is 15.6 Å². The van der Waals surface area contributed by atoms with Crippen LogP contribution in [0.15, 0.2) is 28.7 Å². The van der Waals surface area contributed by atoms with E-state index in [1.54, 1.807) is 30.5 Å². The lowest BCUT2D eigenvalue weighted by Crippen LogP contribution is -2.19. The number of hydrogen-bond acceptors (Lipinski definition) is 5. The maximum atomic E-state index is 11.9. The maximum absolute atomic E-state index is 11.9. The van der Waals surface area contributed by atoms with Crippen molar-refractivity contribution in [1.82, 2.24) is 4.98 Å². The Balaban J connectivity index is 2.05. The van der Waals surface area contributed by atoms with Gasteiger partial charge >= 0.3 is 6.03 Å². The van der Waals surface area contributed by atoms with Crippen LogP contribution in [0.1, 0.15) is 12.6 Å². The number of oxime groups is 1. The van der Waals surface area contributed by atoms with Crippen molar-refractivity contribution in [3.8, 4) is 0 Å². The molecule has 0 aliphatic rings.